The van der Waals surface area contributed by atoms with E-state index in [1.807, 2.05) is 6.92 Å². The normalized spacial score (nSPS) is 17.5. The Morgan fingerprint density at radius 3 is 2.45 bits per heavy atom. The lowest BCUT2D eigenvalue weighted by molar-refractivity contribution is -0.126. The number of unbranched alkanes of at least 4 members (excludes halogenated alkanes) is 1. The molecule has 0 aromatic carbocycles. The molecule has 1 fully saturated rings. The highest BCUT2D eigenvalue weighted by molar-refractivity contribution is 7.89. The van der Waals surface area contributed by atoms with Crippen LogP contribution in [0, 0.1) is 5.92 Å². The van der Waals surface area contributed by atoms with Crippen LogP contribution in [0.3, 0.4) is 0 Å². The zero-order chi connectivity index (χ0) is 14.3. The van der Waals surface area contributed by atoms with Crippen molar-refractivity contribution < 1.29 is 13.2 Å². The number of amides is 1. The van der Waals surface area contributed by atoms with Crippen LogP contribution in [0.2, 0.25) is 0 Å². The zero-order valence-corrected chi connectivity index (χ0v) is 13.6. The standard InChI is InChI=1S/C12H25N3O3S.ClH/c1-2-3-10-19(17,18)15-8-4-11(5-9-15)12(16)14-7-6-13;/h11H,2-10,13H2,1H3,(H,14,16);1H. The van der Waals surface area contributed by atoms with E-state index in [0.717, 1.165) is 6.42 Å². The number of rotatable bonds is 7. The van der Waals surface area contributed by atoms with Crippen LogP contribution in [0.1, 0.15) is 32.6 Å². The third kappa shape index (κ3) is 5.95. The lowest BCUT2D eigenvalue weighted by Crippen LogP contribution is -2.44. The number of sulfonamides is 1. The van der Waals surface area contributed by atoms with Gasteiger partial charge in [-0.05, 0) is 19.3 Å². The second kappa shape index (κ2) is 9.55. The molecule has 0 spiro atoms. The fourth-order valence-electron chi connectivity index (χ4n) is 2.19. The van der Waals surface area contributed by atoms with Crippen molar-refractivity contribution in [1.29, 1.82) is 0 Å². The topological polar surface area (TPSA) is 92.5 Å². The van der Waals surface area contributed by atoms with Crippen LogP contribution in [0.4, 0.5) is 0 Å². The molecule has 1 aliphatic rings. The monoisotopic (exact) mass is 327 g/mol. The van der Waals surface area contributed by atoms with Crippen LogP contribution in [0.25, 0.3) is 0 Å². The lowest BCUT2D eigenvalue weighted by atomic mass is 9.97. The van der Waals surface area contributed by atoms with Crippen molar-refractivity contribution >= 4 is 28.3 Å². The molecule has 0 aromatic rings. The molecule has 0 radical (unpaired) electrons. The predicted octanol–water partition coefficient (Wildman–Crippen LogP) is 0.325. The molecule has 20 heavy (non-hydrogen) atoms. The maximum atomic E-state index is 12.0. The van der Waals surface area contributed by atoms with Gasteiger partial charge in [-0.3, -0.25) is 4.79 Å². The highest BCUT2D eigenvalue weighted by Crippen LogP contribution is 2.20. The first-order chi connectivity index (χ1) is 9.01. The molecule has 8 heteroatoms. The van der Waals surface area contributed by atoms with Gasteiger partial charge in [-0.2, -0.15) is 0 Å². The quantitative estimate of drug-likeness (QED) is 0.704. The number of halogens is 1. The lowest BCUT2D eigenvalue weighted by Gasteiger charge is -2.30. The van der Waals surface area contributed by atoms with Crippen molar-refractivity contribution in [3.8, 4) is 0 Å². The van der Waals surface area contributed by atoms with Gasteiger partial charge < -0.3 is 11.1 Å². The third-order valence-electron chi connectivity index (χ3n) is 3.42. The number of nitrogens with two attached hydrogens (primary N) is 1. The molecule has 1 rings (SSSR count). The van der Waals surface area contributed by atoms with E-state index in [2.05, 4.69) is 5.32 Å². The fraction of sp³-hybridized carbons (Fsp3) is 0.917. The van der Waals surface area contributed by atoms with Crippen molar-refractivity contribution in [2.75, 3.05) is 31.9 Å². The van der Waals surface area contributed by atoms with Crippen LogP contribution < -0.4 is 11.1 Å². The van der Waals surface area contributed by atoms with Gasteiger partial charge in [-0.15, -0.1) is 12.4 Å². The van der Waals surface area contributed by atoms with E-state index in [1.54, 1.807) is 0 Å². The summed E-state index contributed by atoms with van der Waals surface area (Å²) in [5, 5.41) is 2.76. The number of nitrogens with one attached hydrogen (secondary N) is 1. The molecular weight excluding hydrogens is 302 g/mol. The highest BCUT2D eigenvalue weighted by atomic mass is 35.5. The molecule has 1 saturated heterocycles. The van der Waals surface area contributed by atoms with E-state index in [9.17, 15) is 13.2 Å². The molecule has 120 valence electrons. The Kier molecular flexibility index (Phi) is 9.37. The minimum Gasteiger partial charge on any atom is -0.355 e. The number of piperidine rings is 1. The van der Waals surface area contributed by atoms with Gasteiger partial charge in [0, 0.05) is 32.1 Å². The average molecular weight is 328 g/mol. The Labute approximate surface area is 127 Å². The molecule has 3 N–H and O–H groups in total. The maximum absolute atomic E-state index is 12.0. The average Bonchev–Trinajstić information content (AvgIpc) is 2.42. The summed E-state index contributed by atoms with van der Waals surface area (Å²) in [6, 6.07) is 0. The van der Waals surface area contributed by atoms with Crippen molar-refractivity contribution in [3.63, 3.8) is 0 Å². The van der Waals surface area contributed by atoms with Gasteiger partial charge in [0.2, 0.25) is 15.9 Å². The summed E-state index contributed by atoms with van der Waals surface area (Å²) < 4.78 is 25.5. The Morgan fingerprint density at radius 2 is 1.95 bits per heavy atom. The highest BCUT2D eigenvalue weighted by Gasteiger charge is 2.30. The maximum Gasteiger partial charge on any atom is 0.223 e. The molecule has 1 aliphatic heterocycles. The van der Waals surface area contributed by atoms with Crippen LogP contribution >= 0.6 is 12.4 Å². The van der Waals surface area contributed by atoms with Crippen LogP contribution in [-0.2, 0) is 14.8 Å². The SMILES string of the molecule is CCCCS(=O)(=O)N1CCC(C(=O)NCCN)CC1.Cl. The summed E-state index contributed by atoms with van der Waals surface area (Å²) in [5.41, 5.74) is 5.33. The van der Waals surface area contributed by atoms with Crippen molar-refractivity contribution in [2.24, 2.45) is 11.7 Å². The summed E-state index contributed by atoms with van der Waals surface area (Å²) >= 11 is 0. The van der Waals surface area contributed by atoms with Gasteiger partial charge >= 0.3 is 0 Å². The van der Waals surface area contributed by atoms with Gasteiger partial charge in [0.15, 0.2) is 0 Å². The van der Waals surface area contributed by atoms with E-state index in [4.69, 9.17) is 5.73 Å². The van der Waals surface area contributed by atoms with Gasteiger partial charge in [-0.1, -0.05) is 13.3 Å². The molecule has 0 unspecified atom stereocenters. The number of hydrogen-bond donors (Lipinski definition) is 2. The number of hydrogen-bond acceptors (Lipinski definition) is 4. The van der Waals surface area contributed by atoms with Gasteiger partial charge in [0.25, 0.3) is 0 Å². The van der Waals surface area contributed by atoms with Crippen LogP contribution in [0.15, 0.2) is 0 Å². The van der Waals surface area contributed by atoms with Crippen LogP contribution in [0.5, 0.6) is 0 Å². The third-order valence-corrected chi connectivity index (χ3v) is 5.37. The van der Waals surface area contributed by atoms with Gasteiger partial charge in [0.1, 0.15) is 0 Å². The molecule has 1 heterocycles. The summed E-state index contributed by atoms with van der Waals surface area (Å²) in [7, 11) is -3.13. The van der Waals surface area contributed by atoms with E-state index < -0.39 is 10.0 Å². The van der Waals surface area contributed by atoms with Crippen molar-refractivity contribution in [1.82, 2.24) is 9.62 Å². The predicted molar refractivity (Wildman–Crippen MR) is 82.3 cm³/mol. The first-order valence-electron chi connectivity index (χ1n) is 6.97. The molecule has 0 atom stereocenters. The van der Waals surface area contributed by atoms with Crippen molar-refractivity contribution in [3.05, 3.63) is 0 Å². The minimum absolute atomic E-state index is 0. The van der Waals surface area contributed by atoms with E-state index >= 15 is 0 Å². The molecule has 1 amide bonds. The second-order valence-electron chi connectivity index (χ2n) is 4.92. The summed E-state index contributed by atoms with van der Waals surface area (Å²) in [4.78, 5) is 11.8. The smallest absolute Gasteiger partial charge is 0.223 e. The zero-order valence-electron chi connectivity index (χ0n) is 12.0. The summed E-state index contributed by atoms with van der Waals surface area (Å²) in [6.07, 6.45) is 2.76. The van der Waals surface area contributed by atoms with Crippen LogP contribution in [-0.4, -0.2) is 50.6 Å². The van der Waals surface area contributed by atoms with E-state index in [1.165, 1.54) is 4.31 Å². The number of carbonyl (C=O) groups excluding carboxylic acids is 1. The molecule has 0 bridgehead atoms. The Bertz CT molecular complexity index is 381. The summed E-state index contributed by atoms with van der Waals surface area (Å²) in [6.45, 7) is 3.78. The molecule has 6 nitrogen and oxygen atoms in total. The molecular formula is C12H26ClN3O3S. The largest absolute Gasteiger partial charge is 0.355 e. The van der Waals surface area contributed by atoms with E-state index in [-0.39, 0.29) is 30.0 Å². The number of carbonyl (C=O) groups is 1. The Morgan fingerprint density at radius 1 is 1.35 bits per heavy atom. The van der Waals surface area contributed by atoms with E-state index in [0.29, 0.717) is 45.4 Å². The minimum atomic E-state index is -3.13. The first-order valence-corrected chi connectivity index (χ1v) is 8.57. The number of nitrogens with zero attached hydrogens (tertiary/aromatic N) is 1. The summed E-state index contributed by atoms with van der Waals surface area (Å²) in [5.74, 6) is 0.133. The molecule has 0 saturated carbocycles. The first kappa shape index (κ1) is 19.6. The Balaban J connectivity index is 0.00000361. The van der Waals surface area contributed by atoms with Gasteiger partial charge in [0.05, 0.1) is 5.75 Å². The second-order valence-corrected chi connectivity index (χ2v) is 7.01. The van der Waals surface area contributed by atoms with Gasteiger partial charge in [-0.25, -0.2) is 12.7 Å². The molecule has 0 aliphatic carbocycles. The molecule has 0 aromatic heterocycles. The fourth-order valence-corrected chi connectivity index (χ4v) is 3.87. The Hall–Kier alpha value is -0.370. The van der Waals surface area contributed by atoms with Crippen molar-refractivity contribution in [2.45, 2.75) is 32.6 Å².